The summed E-state index contributed by atoms with van der Waals surface area (Å²) in [5, 5.41) is 2.90. The number of halogens is 2. The van der Waals surface area contributed by atoms with Crippen molar-refractivity contribution < 1.29 is 18.4 Å². The molecule has 8 heteroatoms. The van der Waals surface area contributed by atoms with Crippen LogP contribution in [-0.4, -0.2) is 86.0 Å². The monoisotopic (exact) mass is 588 g/mol. The van der Waals surface area contributed by atoms with Crippen molar-refractivity contribution in [3.8, 4) is 0 Å². The smallest absolute Gasteiger partial charge is 0.266 e. The topological polar surface area (TPSA) is 65.0 Å². The molecule has 1 saturated heterocycles. The molecule has 4 aliphatic carbocycles. The molecule has 0 aromatic carbocycles. The van der Waals surface area contributed by atoms with Crippen LogP contribution in [0, 0.1) is 34.5 Å². The van der Waals surface area contributed by atoms with E-state index in [1.165, 1.54) is 43.4 Å². The highest BCUT2D eigenvalue weighted by atomic mass is 19.3. The Hall–Kier alpha value is -1.67. The van der Waals surface area contributed by atoms with E-state index in [-0.39, 0.29) is 37.3 Å². The second kappa shape index (κ2) is 12.4. The fourth-order valence-corrected chi connectivity index (χ4v) is 9.61. The maximum Gasteiger partial charge on any atom is 0.266 e. The SMILES string of the molecule is CC(=NCCC(=O)N(CCN(C)C)CC1NCCC1(F)F)[C@H]1CCC2(C)C[C@H]1CC[C@H]1[C@H]2CCC2=CC(=O)CC[C@@]21C. The average Bonchev–Trinajstić information content (AvgIpc) is 3.20. The third kappa shape index (κ3) is 6.40. The van der Waals surface area contributed by atoms with Gasteiger partial charge in [0.25, 0.3) is 5.92 Å². The lowest BCUT2D eigenvalue weighted by Crippen LogP contribution is -2.49. The largest absolute Gasteiger partial charge is 0.340 e. The zero-order valence-electron chi connectivity index (χ0n) is 26.7. The molecule has 4 fully saturated rings. The number of fused-ring (bicyclic) bond motifs is 6. The Labute approximate surface area is 252 Å². The molecule has 6 nitrogen and oxygen atoms in total. The minimum absolute atomic E-state index is 0.0397. The van der Waals surface area contributed by atoms with Gasteiger partial charge < -0.3 is 15.1 Å². The van der Waals surface area contributed by atoms with Crippen LogP contribution in [-0.2, 0) is 9.59 Å². The van der Waals surface area contributed by atoms with E-state index in [4.69, 9.17) is 4.99 Å². The number of hydrogen-bond acceptors (Lipinski definition) is 5. The van der Waals surface area contributed by atoms with Crippen molar-refractivity contribution in [2.75, 3.05) is 46.8 Å². The molecule has 2 bridgehead atoms. The molecular formula is C34H54F2N4O2. The van der Waals surface area contributed by atoms with Crippen LogP contribution in [0.15, 0.2) is 16.6 Å². The normalized spacial score (nSPS) is 38.0. The molecule has 236 valence electrons. The van der Waals surface area contributed by atoms with Gasteiger partial charge in [0.2, 0.25) is 5.91 Å². The number of likely N-dealkylation sites (N-methyl/N-ethyl adjacent to an activating group) is 1. The standard InChI is InChI=1S/C34H54F2N4O2/c1-23(37-16-12-31(42)40(19-18-39(4)5)22-30-34(35,36)15-17-38-30)27-11-13-32(2)21-24(27)6-8-29-28(32)9-7-25-20-26(41)10-14-33(25,29)3/h20,24,27-30,38H,6-19,21-22H2,1-5H3/t24-,27-,28-,29+,30?,32?,33+/m1/s1. The average molecular weight is 589 g/mol. The number of rotatable bonds is 9. The van der Waals surface area contributed by atoms with Crippen LogP contribution in [0.5, 0.6) is 0 Å². The number of carbonyl (C=O) groups is 2. The predicted molar refractivity (Wildman–Crippen MR) is 164 cm³/mol. The second-order valence-electron chi connectivity index (χ2n) is 15.1. The number of aliphatic imine (C=N–C) groups is 1. The molecule has 0 aromatic rings. The summed E-state index contributed by atoms with van der Waals surface area (Å²) in [4.78, 5) is 34.0. The van der Waals surface area contributed by atoms with Crippen LogP contribution in [0.4, 0.5) is 8.78 Å². The highest BCUT2D eigenvalue weighted by Crippen LogP contribution is 2.64. The van der Waals surface area contributed by atoms with Crippen molar-refractivity contribution in [3.63, 3.8) is 0 Å². The van der Waals surface area contributed by atoms with Crippen LogP contribution < -0.4 is 5.32 Å². The number of allylic oxidation sites excluding steroid dienone is 2. The number of hydrogen-bond donors (Lipinski definition) is 1. The molecule has 2 unspecified atom stereocenters. The first-order valence-corrected chi connectivity index (χ1v) is 16.6. The van der Waals surface area contributed by atoms with E-state index in [9.17, 15) is 18.4 Å². The third-order valence-corrected chi connectivity index (χ3v) is 12.2. The van der Waals surface area contributed by atoms with E-state index in [0.717, 1.165) is 25.2 Å². The number of nitrogens with zero attached hydrogens (tertiary/aromatic N) is 3. The minimum atomic E-state index is -2.78. The molecule has 1 heterocycles. The van der Waals surface area contributed by atoms with Gasteiger partial charge in [-0.1, -0.05) is 19.4 Å². The van der Waals surface area contributed by atoms with Gasteiger partial charge in [-0.25, -0.2) is 8.78 Å². The summed E-state index contributed by atoms with van der Waals surface area (Å²) in [6.07, 6.45) is 12.2. The third-order valence-electron chi connectivity index (χ3n) is 12.2. The highest BCUT2D eigenvalue weighted by molar-refractivity contribution is 5.91. The Morgan fingerprint density at radius 3 is 2.55 bits per heavy atom. The molecule has 0 spiro atoms. The van der Waals surface area contributed by atoms with Gasteiger partial charge in [-0.2, -0.15) is 0 Å². The first kappa shape index (κ1) is 31.7. The summed E-state index contributed by atoms with van der Waals surface area (Å²) in [7, 11) is 3.87. The zero-order chi connectivity index (χ0) is 30.3. The lowest BCUT2D eigenvalue weighted by Gasteiger charge is -2.55. The second-order valence-corrected chi connectivity index (χ2v) is 15.1. The molecule has 1 amide bonds. The van der Waals surface area contributed by atoms with Crippen LogP contribution in [0.2, 0.25) is 0 Å². The molecule has 1 aliphatic heterocycles. The number of carbonyl (C=O) groups excluding carboxylic acids is 2. The zero-order valence-corrected chi connectivity index (χ0v) is 26.7. The summed E-state index contributed by atoms with van der Waals surface area (Å²) >= 11 is 0. The van der Waals surface area contributed by atoms with Crippen LogP contribution in [0.25, 0.3) is 0 Å². The molecule has 42 heavy (non-hydrogen) atoms. The quantitative estimate of drug-likeness (QED) is 0.348. The number of ketones is 1. The minimum Gasteiger partial charge on any atom is -0.340 e. The van der Waals surface area contributed by atoms with Crippen molar-refractivity contribution in [2.24, 2.45) is 39.5 Å². The number of amides is 1. The predicted octanol–water partition coefficient (Wildman–Crippen LogP) is 5.76. The summed E-state index contributed by atoms with van der Waals surface area (Å²) in [5.41, 5.74) is 3.11. The van der Waals surface area contributed by atoms with Crippen molar-refractivity contribution in [1.29, 1.82) is 0 Å². The van der Waals surface area contributed by atoms with Gasteiger partial charge in [0.1, 0.15) is 0 Å². The van der Waals surface area contributed by atoms with Crippen LogP contribution in [0.3, 0.4) is 0 Å². The molecule has 0 aromatic heterocycles. The van der Waals surface area contributed by atoms with Crippen molar-refractivity contribution in [1.82, 2.24) is 15.1 Å². The Balaban J connectivity index is 1.22. The molecule has 7 atom stereocenters. The maximum absolute atomic E-state index is 14.3. The summed E-state index contributed by atoms with van der Waals surface area (Å²) < 4.78 is 28.6. The van der Waals surface area contributed by atoms with Crippen LogP contribution >= 0.6 is 0 Å². The fraction of sp³-hybridized carbons (Fsp3) is 0.853. The van der Waals surface area contributed by atoms with Gasteiger partial charge in [0, 0.05) is 57.7 Å². The molecule has 5 rings (SSSR count). The molecule has 0 radical (unpaired) electrons. The summed E-state index contributed by atoms with van der Waals surface area (Å²) in [6, 6.07) is -0.979. The molecule has 5 aliphatic rings. The van der Waals surface area contributed by atoms with E-state index < -0.39 is 12.0 Å². The molecule has 1 N–H and O–H groups in total. The van der Waals surface area contributed by atoms with Gasteiger partial charge in [0.15, 0.2) is 5.78 Å². The van der Waals surface area contributed by atoms with Gasteiger partial charge >= 0.3 is 0 Å². The first-order valence-electron chi connectivity index (χ1n) is 16.6. The lowest BCUT2D eigenvalue weighted by molar-refractivity contribution is -0.132. The lowest BCUT2D eigenvalue weighted by atomic mass is 9.49. The van der Waals surface area contributed by atoms with E-state index in [1.807, 2.05) is 25.1 Å². The Morgan fingerprint density at radius 2 is 1.83 bits per heavy atom. The summed E-state index contributed by atoms with van der Waals surface area (Å²) in [6.45, 7) is 8.98. The van der Waals surface area contributed by atoms with Crippen molar-refractivity contribution in [3.05, 3.63) is 11.6 Å². The van der Waals surface area contributed by atoms with E-state index in [0.29, 0.717) is 55.0 Å². The first-order chi connectivity index (χ1) is 19.8. The summed E-state index contributed by atoms with van der Waals surface area (Å²) in [5.74, 6) is -0.0966. The Morgan fingerprint density at radius 1 is 1.05 bits per heavy atom. The van der Waals surface area contributed by atoms with Crippen molar-refractivity contribution >= 4 is 17.4 Å². The van der Waals surface area contributed by atoms with Gasteiger partial charge in [-0.15, -0.1) is 0 Å². The number of alkyl halides is 2. The van der Waals surface area contributed by atoms with E-state index in [1.54, 1.807) is 4.90 Å². The maximum atomic E-state index is 14.3. The fourth-order valence-electron chi connectivity index (χ4n) is 9.61. The number of nitrogens with one attached hydrogen (secondary N) is 1. The highest BCUT2D eigenvalue weighted by Gasteiger charge is 2.55. The van der Waals surface area contributed by atoms with Crippen molar-refractivity contribution in [2.45, 2.75) is 103 Å². The Kier molecular flexibility index (Phi) is 9.35. The van der Waals surface area contributed by atoms with Gasteiger partial charge in [-0.3, -0.25) is 14.6 Å². The molecular weight excluding hydrogens is 534 g/mol. The van der Waals surface area contributed by atoms with Gasteiger partial charge in [-0.05, 0) is 113 Å². The van der Waals surface area contributed by atoms with E-state index >= 15 is 0 Å². The van der Waals surface area contributed by atoms with Crippen LogP contribution in [0.1, 0.15) is 91.4 Å². The van der Waals surface area contributed by atoms with Gasteiger partial charge in [0.05, 0.1) is 6.04 Å². The van der Waals surface area contributed by atoms with E-state index in [2.05, 4.69) is 26.1 Å². The Bertz CT molecular complexity index is 1090. The molecule has 3 saturated carbocycles.